The first-order chi connectivity index (χ1) is 22.0. The Bertz CT molecular complexity index is 1650. The Hall–Kier alpha value is -2.77. The Morgan fingerprint density at radius 2 is 0.449 bits per heavy atom. The number of benzene rings is 4. The van der Waals surface area contributed by atoms with Gasteiger partial charge in [0.2, 0.25) is 0 Å². The SMILES string of the molecule is CC(C)(C)c1cc(-c2cc(-c3cc(C(C)(C)C)cc(C(C)(C)C)c3)c(S)c(-c3cc(C(C)(C)C)cc(C(C)(C)C)c3)c2)cc(C(C)(C)C)c1. The van der Waals surface area contributed by atoms with Crippen molar-refractivity contribution in [2.45, 2.75) is 162 Å². The summed E-state index contributed by atoms with van der Waals surface area (Å²) in [7, 11) is 0. The predicted octanol–water partition coefficient (Wildman–Crippen LogP) is 14.8. The molecule has 0 N–H and O–H groups in total. The number of thiol groups is 1. The summed E-state index contributed by atoms with van der Waals surface area (Å²) in [5.41, 5.74) is 15.6. The molecule has 0 aromatic heterocycles. The van der Waals surface area contributed by atoms with E-state index in [0.29, 0.717) is 0 Å². The molecule has 1 heteroatoms. The number of hydrogen-bond acceptors (Lipinski definition) is 1. The summed E-state index contributed by atoms with van der Waals surface area (Å²) in [5, 5.41) is 0. The van der Waals surface area contributed by atoms with Crippen LogP contribution in [0.1, 0.15) is 158 Å². The molecule has 0 saturated heterocycles. The maximum atomic E-state index is 5.45. The van der Waals surface area contributed by atoms with Crippen LogP contribution in [-0.4, -0.2) is 0 Å². The van der Waals surface area contributed by atoms with Gasteiger partial charge in [-0.3, -0.25) is 0 Å². The van der Waals surface area contributed by atoms with Crippen LogP contribution < -0.4 is 0 Å². The summed E-state index contributed by atoms with van der Waals surface area (Å²) in [6, 6.07) is 26.6. The molecule has 0 radical (unpaired) electrons. The molecule has 0 atom stereocenters. The van der Waals surface area contributed by atoms with Crippen LogP contribution in [0.3, 0.4) is 0 Å². The van der Waals surface area contributed by atoms with Gasteiger partial charge in [0.1, 0.15) is 0 Å². The third-order valence-electron chi connectivity index (χ3n) is 10.1. The van der Waals surface area contributed by atoms with Gasteiger partial charge in [-0.1, -0.05) is 179 Å². The lowest BCUT2D eigenvalue weighted by molar-refractivity contribution is 0.568. The van der Waals surface area contributed by atoms with Gasteiger partial charge in [0.05, 0.1) is 0 Å². The zero-order valence-electron chi connectivity index (χ0n) is 34.3. The van der Waals surface area contributed by atoms with Crippen molar-refractivity contribution in [3.8, 4) is 33.4 Å². The van der Waals surface area contributed by atoms with Gasteiger partial charge >= 0.3 is 0 Å². The van der Waals surface area contributed by atoms with Crippen LogP contribution in [0.25, 0.3) is 33.4 Å². The molecule has 4 rings (SSSR count). The Kier molecular flexibility index (Phi) is 10.2. The molecule has 0 aliphatic heterocycles. The van der Waals surface area contributed by atoms with Crippen molar-refractivity contribution in [2.24, 2.45) is 0 Å². The van der Waals surface area contributed by atoms with E-state index in [1.165, 1.54) is 66.8 Å². The van der Waals surface area contributed by atoms with Crippen molar-refractivity contribution in [3.63, 3.8) is 0 Å². The third kappa shape index (κ3) is 8.94. The van der Waals surface area contributed by atoms with Gasteiger partial charge in [-0.25, -0.2) is 0 Å². The van der Waals surface area contributed by atoms with Crippen LogP contribution in [0.2, 0.25) is 0 Å². The Morgan fingerprint density at radius 3 is 0.653 bits per heavy atom. The molecule has 0 unspecified atom stereocenters. The Balaban J connectivity index is 2.21. The summed E-state index contributed by atoms with van der Waals surface area (Å²) < 4.78 is 0. The lowest BCUT2D eigenvalue weighted by Gasteiger charge is -2.28. The lowest BCUT2D eigenvalue weighted by Crippen LogP contribution is -2.17. The van der Waals surface area contributed by atoms with Crippen molar-refractivity contribution in [1.29, 1.82) is 0 Å². The van der Waals surface area contributed by atoms with Gasteiger partial charge in [-0.05, 0) is 111 Å². The Labute approximate surface area is 307 Å². The zero-order chi connectivity index (χ0) is 37.3. The van der Waals surface area contributed by atoms with E-state index in [-0.39, 0.29) is 32.5 Å². The van der Waals surface area contributed by atoms with E-state index in [1.807, 2.05) is 0 Å². The average molecular weight is 675 g/mol. The fraction of sp³-hybridized carbons (Fsp3) is 0.500. The molecule has 4 aromatic rings. The van der Waals surface area contributed by atoms with Crippen molar-refractivity contribution < 1.29 is 0 Å². The molecule has 0 aliphatic rings. The van der Waals surface area contributed by atoms with Crippen molar-refractivity contribution in [2.75, 3.05) is 0 Å². The fourth-order valence-corrected chi connectivity index (χ4v) is 6.59. The first kappa shape index (κ1) is 39.0. The van der Waals surface area contributed by atoms with Crippen LogP contribution in [0.5, 0.6) is 0 Å². The minimum atomic E-state index is 0.0124. The van der Waals surface area contributed by atoms with E-state index in [0.717, 1.165) is 4.90 Å². The summed E-state index contributed by atoms with van der Waals surface area (Å²) in [4.78, 5) is 1.03. The van der Waals surface area contributed by atoms with E-state index in [4.69, 9.17) is 12.6 Å². The molecular weight excluding hydrogens is 609 g/mol. The van der Waals surface area contributed by atoms with Crippen LogP contribution in [0, 0.1) is 0 Å². The number of hydrogen-bond donors (Lipinski definition) is 1. The minimum Gasteiger partial charge on any atom is -0.142 e. The summed E-state index contributed by atoms with van der Waals surface area (Å²) in [6.45, 7) is 41.8. The lowest BCUT2D eigenvalue weighted by atomic mass is 9.77. The molecule has 0 saturated carbocycles. The molecule has 264 valence electrons. The van der Waals surface area contributed by atoms with E-state index < -0.39 is 0 Å². The van der Waals surface area contributed by atoms with Gasteiger partial charge in [0.25, 0.3) is 0 Å². The van der Waals surface area contributed by atoms with Gasteiger partial charge in [-0.15, -0.1) is 12.6 Å². The molecule has 49 heavy (non-hydrogen) atoms. The maximum Gasteiger partial charge on any atom is 0.0198 e. The molecule has 0 heterocycles. The zero-order valence-corrected chi connectivity index (χ0v) is 35.2. The topological polar surface area (TPSA) is 0 Å². The monoisotopic (exact) mass is 674 g/mol. The maximum absolute atomic E-state index is 5.45. The van der Waals surface area contributed by atoms with E-state index in [2.05, 4.69) is 191 Å². The quantitative estimate of drug-likeness (QED) is 0.205. The third-order valence-corrected chi connectivity index (χ3v) is 10.5. The van der Waals surface area contributed by atoms with Crippen molar-refractivity contribution in [1.82, 2.24) is 0 Å². The first-order valence-corrected chi connectivity index (χ1v) is 18.8. The van der Waals surface area contributed by atoms with E-state index in [9.17, 15) is 0 Å². The van der Waals surface area contributed by atoms with Crippen LogP contribution in [0.15, 0.2) is 71.6 Å². The number of rotatable bonds is 3. The highest BCUT2D eigenvalue weighted by atomic mass is 32.1. The summed E-state index contributed by atoms with van der Waals surface area (Å²) in [5.74, 6) is 0. The van der Waals surface area contributed by atoms with Crippen LogP contribution >= 0.6 is 12.6 Å². The van der Waals surface area contributed by atoms with Gasteiger partial charge in [0.15, 0.2) is 0 Å². The minimum absolute atomic E-state index is 0.0124. The molecule has 4 aromatic carbocycles. The molecule has 0 aliphatic carbocycles. The highest BCUT2D eigenvalue weighted by Crippen LogP contribution is 2.45. The first-order valence-electron chi connectivity index (χ1n) is 18.3. The molecule has 0 fully saturated rings. The largest absolute Gasteiger partial charge is 0.142 e. The highest BCUT2D eigenvalue weighted by molar-refractivity contribution is 7.80. The van der Waals surface area contributed by atoms with E-state index >= 15 is 0 Å². The van der Waals surface area contributed by atoms with Crippen molar-refractivity contribution in [3.05, 3.63) is 100 Å². The smallest absolute Gasteiger partial charge is 0.0198 e. The second-order valence-corrected chi connectivity index (χ2v) is 21.3. The van der Waals surface area contributed by atoms with Crippen LogP contribution in [0.4, 0.5) is 0 Å². The van der Waals surface area contributed by atoms with E-state index in [1.54, 1.807) is 0 Å². The molecule has 0 amide bonds. The summed E-state index contributed by atoms with van der Waals surface area (Å²) >= 11 is 5.45. The fourth-order valence-electron chi connectivity index (χ4n) is 6.20. The predicted molar refractivity (Wildman–Crippen MR) is 222 cm³/mol. The van der Waals surface area contributed by atoms with Crippen LogP contribution in [-0.2, 0) is 32.5 Å². The average Bonchev–Trinajstić information content (AvgIpc) is 2.94. The second-order valence-electron chi connectivity index (χ2n) is 20.8. The van der Waals surface area contributed by atoms with Gasteiger partial charge in [0, 0.05) is 4.90 Å². The normalized spacial score (nSPS) is 13.6. The molecule has 0 spiro atoms. The highest BCUT2D eigenvalue weighted by Gasteiger charge is 2.26. The Morgan fingerprint density at radius 1 is 0.265 bits per heavy atom. The molecule has 0 bridgehead atoms. The molecule has 0 nitrogen and oxygen atoms in total. The van der Waals surface area contributed by atoms with Crippen molar-refractivity contribution >= 4 is 12.6 Å². The summed E-state index contributed by atoms with van der Waals surface area (Å²) in [6.07, 6.45) is 0. The standard InChI is InChI=1S/C48H66S/c1-43(2,3)34-19-30(20-35(27-34)44(4,5)6)31-25-40(32-21-36(45(7,8)9)28-37(22-32)46(10,11)12)42(49)41(26-31)33-23-38(47(13,14)15)29-39(24-33)48(16,17)18/h19-29,49H,1-18H3. The second kappa shape index (κ2) is 12.8. The molecular formula is C48H66S. The van der Waals surface area contributed by atoms with Gasteiger partial charge < -0.3 is 0 Å². The van der Waals surface area contributed by atoms with Gasteiger partial charge in [-0.2, -0.15) is 0 Å².